The summed E-state index contributed by atoms with van der Waals surface area (Å²) < 4.78 is 0. The molecule has 0 aliphatic carbocycles. The second kappa shape index (κ2) is 4.86. The zero-order chi connectivity index (χ0) is 9.72. The maximum Gasteiger partial charge on any atom is 0.0442 e. The Kier molecular flexibility index (Phi) is 4.49. The smallest absolute Gasteiger partial charge is 0.0442 e. The van der Waals surface area contributed by atoms with E-state index in [4.69, 9.17) is 0 Å². The molecule has 2 nitrogen and oxygen atoms in total. The van der Waals surface area contributed by atoms with Crippen molar-refractivity contribution < 1.29 is 0 Å². The largest absolute Gasteiger partial charge is 0.296 e. The van der Waals surface area contributed by atoms with Crippen LogP contribution in [0.2, 0.25) is 0 Å². The molecule has 0 aliphatic rings. The van der Waals surface area contributed by atoms with E-state index >= 15 is 0 Å². The van der Waals surface area contributed by atoms with Crippen LogP contribution in [-0.2, 0) is 0 Å². The Morgan fingerprint density at radius 1 is 1.33 bits per heavy atom. The van der Waals surface area contributed by atoms with E-state index in [1.165, 1.54) is 5.57 Å². The lowest BCUT2D eigenvalue weighted by Crippen LogP contribution is -2.36. The first kappa shape index (κ1) is 11.1. The lowest BCUT2D eigenvalue weighted by Gasteiger charge is -2.33. The van der Waals surface area contributed by atoms with Crippen molar-refractivity contribution in [2.45, 2.75) is 33.7 Å². The lowest BCUT2D eigenvalue weighted by atomic mass is 10.3. The van der Waals surface area contributed by atoms with E-state index in [0.29, 0.717) is 6.04 Å². The van der Waals surface area contributed by atoms with Gasteiger partial charge in [-0.15, -0.1) is 0 Å². The van der Waals surface area contributed by atoms with Gasteiger partial charge in [0.15, 0.2) is 0 Å². The van der Waals surface area contributed by atoms with Crippen LogP contribution in [0.25, 0.3) is 0 Å². The van der Waals surface area contributed by atoms with Crippen LogP contribution in [0.3, 0.4) is 0 Å². The predicted octanol–water partition coefficient (Wildman–Crippen LogP) is 2.61. The number of hydrazine groups is 1. The Labute approximate surface area is 76.1 Å². The number of hydrogen-bond acceptors (Lipinski definition) is 2. The maximum atomic E-state index is 3.77. The van der Waals surface area contributed by atoms with E-state index < -0.39 is 0 Å². The van der Waals surface area contributed by atoms with Crippen molar-refractivity contribution in [2.75, 3.05) is 7.05 Å². The molecule has 0 fully saturated rings. The summed E-state index contributed by atoms with van der Waals surface area (Å²) in [6.07, 6.45) is 3.92. The van der Waals surface area contributed by atoms with Crippen LogP contribution in [0, 0.1) is 0 Å². The van der Waals surface area contributed by atoms with Crippen molar-refractivity contribution in [2.24, 2.45) is 0 Å². The molecule has 0 heterocycles. The van der Waals surface area contributed by atoms with Crippen molar-refractivity contribution in [3.8, 4) is 0 Å². The minimum atomic E-state index is 0.447. The van der Waals surface area contributed by atoms with Gasteiger partial charge in [-0.2, -0.15) is 0 Å². The molecule has 0 spiro atoms. The molecule has 0 unspecified atom stereocenters. The average Bonchev–Trinajstić information content (AvgIpc) is 1.85. The van der Waals surface area contributed by atoms with Gasteiger partial charge in [-0.05, 0) is 27.7 Å². The molecule has 0 saturated heterocycles. The Hall–Kier alpha value is -0.920. The van der Waals surface area contributed by atoms with Gasteiger partial charge in [0.1, 0.15) is 0 Å². The summed E-state index contributed by atoms with van der Waals surface area (Å²) in [5.74, 6) is 0. The van der Waals surface area contributed by atoms with E-state index in [0.717, 1.165) is 0 Å². The number of rotatable bonds is 4. The molecule has 0 aromatic carbocycles. The SMILES string of the molecule is C=CN(C(C)C)N(C)C=C(C)C. The zero-order valence-electron chi connectivity index (χ0n) is 8.83. The molecule has 2 heteroatoms. The van der Waals surface area contributed by atoms with E-state index in [-0.39, 0.29) is 0 Å². The van der Waals surface area contributed by atoms with Crippen molar-refractivity contribution >= 4 is 0 Å². The van der Waals surface area contributed by atoms with E-state index in [1.54, 1.807) is 0 Å². The third-order valence-electron chi connectivity index (χ3n) is 1.53. The number of hydrogen-bond donors (Lipinski definition) is 0. The fourth-order valence-electron chi connectivity index (χ4n) is 1.14. The summed E-state index contributed by atoms with van der Waals surface area (Å²) in [6, 6.07) is 0.447. The summed E-state index contributed by atoms with van der Waals surface area (Å²) in [5.41, 5.74) is 1.28. The van der Waals surface area contributed by atoms with Gasteiger partial charge in [-0.25, -0.2) is 0 Å². The van der Waals surface area contributed by atoms with Crippen LogP contribution in [0.15, 0.2) is 24.6 Å². The van der Waals surface area contributed by atoms with Crippen molar-refractivity contribution in [1.29, 1.82) is 0 Å². The summed E-state index contributed by atoms with van der Waals surface area (Å²) in [5, 5.41) is 4.12. The number of nitrogens with zero attached hydrogens (tertiary/aromatic N) is 2. The molecule has 0 saturated carbocycles. The Morgan fingerprint density at radius 3 is 2.08 bits per heavy atom. The fourth-order valence-corrected chi connectivity index (χ4v) is 1.14. The van der Waals surface area contributed by atoms with Gasteiger partial charge in [-0.1, -0.05) is 12.2 Å². The topological polar surface area (TPSA) is 6.48 Å². The molecule has 0 rings (SSSR count). The highest BCUT2D eigenvalue weighted by Gasteiger charge is 2.05. The highest BCUT2D eigenvalue weighted by molar-refractivity contribution is 4.92. The second-order valence-electron chi connectivity index (χ2n) is 3.44. The predicted molar refractivity (Wildman–Crippen MR) is 54.4 cm³/mol. The van der Waals surface area contributed by atoms with Gasteiger partial charge in [0, 0.05) is 25.5 Å². The van der Waals surface area contributed by atoms with Gasteiger partial charge < -0.3 is 0 Å². The molecule has 0 radical (unpaired) electrons. The van der Waals surface area contributed by atoms with Crippen molar-refractivity contribution in [1.82, 2.24) is 10.0 Å². The Morgan fingerprint density at radius 2 is 1.83 bits per heavy atom. The summed E-state index contributed by atoms with van der Waals surface area (Å²) in [4.78, 5) is 0. The first-order valence-corrected chi connectivity index (χ1v) is 4.27. The zero-order valence-corrected chi connectivity index (χ0v) is 8.83. The van der Waals surface area contributed by atoms with Crippen molar-refractivity contribution in [3.63, 3.8) is 0 Å². The monoisotopic (exact) mass is 168 g/mol. The van der Waals surface area contributed by atoms with Gasteiger partial charge in [0.05, 0.1) is 0 Å². The summed E-state index contributed by atoms with van der Waals surface area (Å²) in [6.45, 7) is 12.2. The first-order valence-electron chi connectivity index (χ1n) is 4.27. The Balaban J connectivity index is 4.31. The van der Waals surface area contributed by atoms with Crippen molar-refractivity contribution in [3.05, 3.63) is 24.6 Å². The van der Waals surface area contributed by atoms with Crippen LogP contribution in [0.4, 0.5) is 0 Å². The summed E-state index contributed by atoms with van der Waals surface area (Å²) >= 11 is 0. The van der Waals surface area contributed by atoms with Gasteiger partial charge >= 0.3 is 0 Å². The molecular formula is C10H20N2. The molecular weight excluding hydrogens is 148 g/mol. The van der Waals surface area contributed by atoms with Gasteiger partial charge in [-0.3, -0.25) is 10.0 Å². The maximum absolute atomic E-state index is 3.77. The van der Waals surface area contributed by atoms with Gasteiger partial charge in [0.25, 0.3) is 0 Å². The third-order valence-corrected chi connectivity index (χ3v) is 1.53. The number of allylic oxidation sites excluding steroid dienone is 1. The molecule has 0 amide bonds. The van der Waals surface area contributed by atoms with E-state index in [2.05, 4.69) is 45.5 Å². The minimum Gasteiger partial charge on any atom is -0.296 e. The second-order valence-corrected chi connectivity index (χ2v) is 3.44. The highest BCUT2D eigenvalue weighted by atomic mass is 15.6. The van der Waals surface area contributed by atoms with Crippen LogP contribution < -0.4 is 0 Å². The quantitative estimate of drug-likeness (QED) is 0.595. The van der Waals surface area contributed by atoms with Gasteiger partial charge in [0.2, 0.25) is 0 Å². The lowest BCUT2D eigenvalue weighted by molar-refractivity contribution is 0.0725. The molecule has 0 aliphatic heterocycles. The van der Waals surface area contributed by atoms with Crippen LogP contribution in [0.5, 0.6) is 0 Å². The minimum absolute atomic E-state index is 0.447. The molecule has 70 valence electrons. The van der Waals surface area contributed by atoms with Crippen LogP contribution >= 0.6 is 0 Å². The normalized spacial score (nSPS) is 9.50. The van der Waals surface area contributed by atoms with E-state index in [1.807, 2.05) is 18.3 Å². The van der Waals surface area contributed by atoms with Crippen LogP contribution in [-0.4, -0.2) is 23.1 Å². The Bertz CT molecular complexity index is 167. The summed E-state index contributed by atoms with van der Waals surface area (Å²) in [7, 11) is 2.02. The molecule has 0 aromatic heterocycles. The van der Waals surface area contributed by atoms with E-state index in [9.17, 15) is 0 Å². The first-order chi connectivity index (χ1) is 5.49. The van der Waals surface area contributed by atoms with Crippen LogP contribution in [0.1, 0.15) is 27.7 Å². The highest BCUT2D eigenvalue weighted by Crippen LogP contribution is 2.04. The average molecular weight is 168 g/mol. The molecule has 0 atom stereocenters. The molecule has 0 bridgehead atoms. The fraction of sp³-hybridized carbons (Fsp3) is 0.600. The standard InChI is InChI=1S/C10H20N2/c1-7-12(10(4)5)11(6)8-9(2)3/h7-8,10H,1H2,2-6H3. The molecule has 12 heavy (non-hydrogen) atoms. The third kappa shape index (κ3) is 3.46. The molecule has 0 aromatic rings. The molecule has 0 N–H and O–H groups in total.